The zero-order valence-electron chi connectivity index (χ0n) is 33.4. The first-order valence-corrected chi connectivity index (χ1v) is 21.5. The van der Waals surface area contributed by atoms with E-state index < -0.39 is 91.5 Å². The topological polar surface area (TPSA) is 211 Å². The van der Waals surface area contributed by atoms with Gasteiger partial charge in [-0.3, -0.25) is 38.6 Å². The van der Waals surface area contributed by atoms with Crippen molar-refractivity contribution in [1.29, 1.82) is 0 Å². The van der Waals surface area contributed by atoms with E-state index in [1.165, 1.54) is 29.6 Å². The summed E-state index contributed by atoms with van der Waals surface area (Å²) in [6, 6.07) is 3.36. The number of nitrogens with one attached hydrogen (secondary N) is 2. The van der Waals surface area contributed by atoms with Gasteiger partial charge in [-0.25, -0.2) is 18.2 Å². The Kier molecular flexibility index (Phi) is 11.6. The van der Waals surface area contributed by atoms with Crippen LogP contribution < -0.4 is 10.0 Å². The lowest BCUT2D eigenvalue weighted by Crippen LogP contribution is -2.50. The van der Waals surface area contributed by atoms with Crippen LogP contribution in [-0.4, -0.2) is 107 Å². The molecule has 2 aliphatic carbocycles. The second kappa shape index (κ2) is 16.4. The number of rotatable bonds is 9. The number of hydrogen-bond acceptors (Lipinski definition) is 12. The number of fused-ring (bicyclic) bond motifs is 3. The van der Waals surface area contributed by atoms with Gasteiger partial charge >= 0.3 is 6.09 Å². The van der Waals surface area contributed by atoms with Crippen molar-refractivity contribution in [1.82, 2.24) is 29.8 Å². The van der Waals surface area contributed by atoms with Crippen LogP contribution in [0.4, 0.5) is 4.79 Å². The average Bonchev–Trinajstić information content (AvgIpc) is 4.09. The van der Waals surface area contributed by atoms with Gasteiger partial charge in [0.1, 0.15) is 17.8 Å². The van der Waals surface area contributed by atoms with E-state index in [4.69, 9.17) is 9.47 Å². The molecule has 1 aromatic heterocycles. The van der Waals surface area contributed by atoms with Gasteiger partial charge in [0.2, 0.25) is 21.8 Å². The molecule has 3 aliphatic heterocycles. The fourth-order valence-corrected chi connectivity index (χ4v) is 9.68. The van der Waals surface area contributed by atoms with Gasteiger partial charge in [-0.05, 0) is 47.3 Å². The smallest absolute Gasteiger partial charge is 0.410 e. The molecular weight excluding hydrogens is 781 g/mol. The van der Waals surface area contributed by atoms with E-state index in [-0.39, 0.29) is 64.2 Å². The summed E-state index contributed by atoms with van der Waals surface area (Å²) in [4.78, 5) is 95.1. The minimum absolute atomic E-state index is 0.0175. The van der Waals surface area contributed by atoms with E-state index in [2.05, 4.69) is 26.6 Å². The molecule has 16 nitrogen and oxygen atoms in total. The Hall–Kier alpha value is -5.29. The summed E-state index contributed by atoms with van der Waals surface area (Å²) in [5.41, 5.74) is 0.459. The number of ether oxygens (including phenoxy) is 2. The summed E-state index contributed by atoms with van der Waals surface area (Å²) in [5, 5.41) is 2.05. The van der Waals surface area contributed by atoms with Crippen LogP contribution in [0.2, 0.25) is 0 Å². The van der Waals surface area contributed by atoms with Gasteiger partial charge in [0.25, 0.3) is 5.91 Å². The molecule has 59 heavy (non-hydrogen) atoms. The van der Waals surface area contributed by atoms with Crippen molar-refractivity contribution in [3.63, 3.8) is 0 Å². The standard InChI is InChI=1S/C42H50N6O10S/c1-5-27-18-42(27,39(53)46-59(55,56)29-11-12-29)19-36(50)34-16-28-22-48(34)38(52)31(41(2,3)4)17-35(49)33(45-37(51)32-20-43-13-14-44-32)24-57-15-7-10-25-8-6-9-26-21-47(23-30(25)26)40(54)58-28/h5-10,13-14,20,27-29,31,33-34H,1,11-12,15-19,21-24H2,2-4H3,(H,45,51)(H,46,53)/b10-7+/t27-,28-,31-,33-,34+,42-/m1/s1. The summed E-state index contributed by atoms with van der Waals surface area (Å²) in [6.07, 6.45) is 7.94. The first-order chi connectivity index (χ1) is 28.0. The minimum Gasteiger partial charge on any atom is -0.444 e. The van der Waals surface area contributed by atoms with Crippen molar-refractivity contribution < 1.29 is 46.7 Å². The molecule has 6 atom stereocenters. The Morgan fingerprint density at radius 2 is 1.88 bits per heavy atom. The van der Waals surface area contributed by atoms with Crippen molar-refractivity contribution in [3.05, 3.63) is 77.9 Å². The van der Waals surface area contributed by atoms with Gasteiger partial charge in [0.05, 0.1) is 49.2 Å². The van der Waals surface area contributed by atoms with E-state index in [1.54, 1.807) is 31.7 Å². The highest BCUT2D eigenvalue weighted by molar-refractivity contribution is 7.90. The Balaban J connectivity index is 1.20. The van der Waals surface area contributed by atoms with Gasteiger partial charge in [-0.15, -0.1) is 6.58 Å². The van der Waals surface area contributed by atoms with Gasteiger partial charge in [0, 0.05) is 44.1 Å². The predicted molar refractivity (Wildman–Crippen MR) is 212 cm³/mol. The molecule has 1 aromatic carbocycles. The zero-order valence-corrected chi connectivity index (χ0v) is 34.2. The fourth-order valence-electron chi connectivity index (χ4n) is 8.29. The van der Waals surface area contributed by atoms with Crippen LogP contribution in [0.3, 0.4) is 0 Å². The minimum atomic E-state index is -3.91. The van der Waals surface area contributed by atoms with Crippen LogP contribution in [0.1, 0.15) is 86.5 Å². The van der Waals surface area contributed by atoms with Crippen LogP contribution in [0.15, 0.2) is 55.5 Å². The number of nitrogens with zero attached hydrogens (tertiary/aromatic N) is 4. The number of benzene rings is 1. The predicted octanol–water partition coefficient (Wildman–Crippen LogP) is 3.12. The molecule has 3 fully saturated rings. The largest absolute Gasteiger partial charge is 0.444 e. The van der Waals surface area contributed by atoms with E-state index in [0.717, 1.165) is 16.7 Å². The molecule has 4 bridgehead atoms. The molecule has 5 aliphatic rings. The number of carbonyl (C=O) groups excluding carboxylic acids is 6. The number of sulfonamides is 1. The number of aromatic nitrogens is 2. The monoisotopic (exact) mass is 830 g/mol. The molecule has 0 unspecified atom stereocenters. The zero-order chi connectivity index (χ0) is 42.3. The van der Waals surface area contributed by atoms with Gasteiger partial charge in [0.15, 0.2) is 11.6 Å². The van der Waals surface area contributed by atoms with Crippen LogP contribution in [-0.2, 0) is 51.8 Å². The molecule has 7 rings (SSSR count). The second-order valence-corrected chi connectivity index (χ2v) is 19.2. The SMILES string of the molecule is C=C[C@@H]1C[C@]1(CC(=O)[C@@H]1C[C@@H]2CN1C(=O)[C@H](C(C)(C)C)CC(=O)[C@H](NC(=O)c1cnccn1)COC/C=C/c1cccc3c1CN(C3)C(=O)O2)C(=O)NS(=O)(=O)C1CC1. The summed E-state index contributed by atoms with van der Waals surface area (Å²) in [5.74, 6) is -4.49. The lowest BCUT2D eigenvalue weighted by atomic mass is 9.76. The third kappa shape index (κ3) is 9.00. The number of carbonyl (C=O) groups is 6. The van der Waals surface area contributed by atoms with Crippen molar-refractivity contribution in [2.24, 2.45) is 22.7 Å². The first-order valence-electron chi connectivity index (χ1n) is 19.9. The number of allylic oxidation sites excluding steroid dienone is 1. The molecular formula is C42H50N6O10S. The molecule has 2 aromatic rings. The lowest BCUT2D eigenvalue weighted by molar-refractivity contribution is -0.146. The quantitative estimate of drug-likeness (QED) is 0.349. The molecule has 314 valence electrons. The highest BCUT2D eigenvalue weighted by atomic mass is 32.2. The van der Waals surface area contributed by atoms with Crippen molar-refractivity contribution in [3.8, 4) is 0 Å². The number of amides is 4. The Labute approximate surface area is 343 Å². The lowest BCUT2D eigenvalue weighted by Gasteiger charge is -2.35. The number of hydrogen-bond donors (Lipinski definition) is 2. The van der Waals surface area contributed by atoms with E-state index >= 15 is 0 Å². The normalized spacial score (nSPS) is 28.1. The maximum Gasteiger partial charge on any atom is 0.410 e. The molecule has 2 saturated carbocycles. The molecule has 4 heterocycles. The maximum atomic E-state index is 14.9. The highest BCUT2D eigenvalue weighted by Crippen LogP contribution is 2.57. The average molecular weight is 831 g/mol. The first kappa shape index (κ1) is 41.9. The van der Waals surface area contributed by atoms with Crippen LogP contribution in [0.25, 0.3) is 6.08 Å². The third-order valence-corrected chi connectivity index (χ3v) is 13.9. The molecule has 4 amide bonds. The van der Waals surface area contributed by atoms with Crippen molar-refractivity contribution >= 4 is 51.5 Å². The Morgan fingerprint density at radius 3 is 2.56 bits per heavy atom. The van der Waals surface area contributed by atoms with Crippen LogP contribution in [0, 0.1) is 22.7 Å². The summed E-state index contributed by atoms with van der Waals surface area (Å²) in [6.45, 7) is 9.41. The molecule has 0 spiro atoms. The van der Waals surface area contributed by atoms with E-state index in [1.807, 2.05) is 24.3 Å². The van der Waals surface area contributed by atoms with Crippen molar-refractivity contribution in [2.45, 2.75) is 95.8 Å². The summed E-state index contributed by atoms with van der Waals surface area (Å²) in [7, 11) is -3.91. The van der Waals surface area contributed by atoms with Gasteiger partial charge in [-0.2, -0.15) is 0 Å². The summed E-state index contributed by atoms with van der Waals surface area (Å²) < 4.78 is 39.7. The van der Waals surface area contributed by atoms with E-state index in [0.29, 0.717) is 12.8 Å². The molecule has 0 radical (unpaired) electrons. The van der Waals surface area contributed by atoms with Gasteiger partial charge in [-0.1, -0.05) is 57.2 Å². The molecule has 2 N–H and O–H groups in total. The third-order valence-electron chi connectivity index (χ3n) is 12.1. The summed E-state index contributed by atoms with van der Waals surface area (Å²) >= 11 is 0. The second-order valence-electron chi connectivity index (χ2n) is 17.3. The van der Waals surface area contributed by atoms with Crippen molar-refractivity contribution in [2.75, 3.05) is 19.8 Å². The van der Waals surface area contributed by atoms with Gasteiger partial charge < -0.3 is 19.7 Å². The maximum absolute atomic E-state index is 14.9. The molecule has 1 saturated heterocycles. The van der Waals surface area contributed by atoms with E-state index in [9.17, 15) is 37.2 Å². The fraction of sp³-hybridized carbons (Fsp3) is 0.524. The Bertz CT molecular complexity index is 2190. The Morgan fingerprint density at radius 1 is 1.10 bits per heavy atom. The molecule has 17 heteroatoms. The van der Waals surface area contributed by atoms with Crippen LogP contribution >= 0.6 is 0 Å². The highest BCUT2D eigenvalue weighted by Gasteiger charge is 2.61. The number of ketones is 2. The van der Waals surface area contributed by atoms with Crippen LogP contribution in [0.5, 0.6) is 0 Å². The number of Topliss-reactive ketones (excluding diaryl/α,β-unsaturated/α-hetero) is 2.